The summed E-state index contributed by atoms with van der Waals surface area (Å²) in [5.74, 6) is -6.37. The Labute approximate surface area is 461 Å². The quantitative estimate of drug-likeness (QED) is 0.0986. The summed E-state index contributed by atoms with van der Waals surface area (Å²) in [7, 11) is 9.21. The van der Waals surface area contributed by atoms with E-state index in [4.69, 9.17) is 30.3 Å². The van der Waals surface area contributed by atoms with Crippen molar-refractivity contribution in [3.63, 3.8) is 0 Å². The molecule has 0 saturated carbocycles. The number of nitrogens with one attached hydrogen (secondary N) is 2. The van der Waals surface area contributed by atoms with Gasteiger partial charge in [0.25, 0.3) is 11.8 Å². The summed E-state index contributed by atoms with van der Waals surface area (Å²) in [6, 6.07) is 51.8. The molecule has 2 saturated heterocycles. The Hall–Kier alpha value is -8.40. The van der Waals surface area contributed by atoms with Gasteiger partial charge in [-0.25, -0.2) is 0 Å². The molecule has 2 aliphatic heterocycles. The van der Waals surface area contributed by atoms with Crippen molar-refractivity contribution in [2.45, 2.75) is 38.5 Å². The molecule has 0 aromatic heterocycles. The average molecular weight is 1110 g/mol. The second-order valence-electron chi connectivity index (χ2n) is 20.4. The number of amides is 2. The van der Waals surface area contributed by atoms with Crippen LogP contribution in [0, 0.1) is 22.7 Å². The molecule has 2 aliphatic rings. The Balaban J connectivity index is 0.000000237. The third kappa shape index (κ3) is 20.8. The number of halogens is 6. The normalized spacial score (nSPS) is 14.8. The van der Waals surface area contributed by atoms with Gasteiger partial charge in [-0.2, -0.15) is 36.9 Å². The highest BCUT2D eigenvalue weighted by atomic mass is 19.4. The van der Waals surface area contributed by atoms with Crippen LogP contribution in [-0.2, 0) is 35.8 Å². The molecule has 0 bridgehead atoms. The van der Waals surface area contributed by atoms with E-state index in [0.29, 0.717) is 35.3 Å². The zero-order chi connectivity index (χ0) is 58.7. The SMILES string of the molecule is C[N+]1(C)CCN(Cc2cccc(-c3cccc(CNC(=O)c4cccc(C#N)c4)c3)c2)CC1.C[N+]1(C)CCN(Cc2cccc(-c3cccc(CNC(=O)c4cccc(C#N)c4)c3)c2)CC1.O=C([O-])C(F)(F)F.O=C([O-])C(F)(F)F. The van der Waals surface area contributed by atoms with Gasteiger partial charge in [-0.1, -0.05) is 84.9 Å². The van der Waals surface area contributed by atoms with Crippen molar-refractivity contribution >= 4 is 23.8 Å². The van der Waals surface area contributed by atoms with Crippen LogP contribution in [0.5, 0.6) is 0 Å². The minimum absolute atomic E-state index is 0.178. The Kier molecular flexibility index (Phi) is 22.2. The van der Waals surface area contributed by atoms with Crippen molar-refractivity contribution in [2.75, 3.05) is 80.5 Å². The van der Waals surface area contributed by atoms with Crippen molar-refractivity contribution in [3.05, 3.63) is 190 Å². The summed E-state index contributed by atoms with van der Waals surface area (Å²) in [5.41, 5.74) is 11.4. The van der Waals surface area contributed by atoms with Gasteiger partial charge in [-0.05, 0) is 105 Å². The number of benzene rings is 6. The molecule has 2 amide bonds. The first-order valence-electron chi connectivity index (χ1n) is 25.3. The lowest BCUT2D eigenvalue weighted by atomic mass is 10.0. The van der Waals surface area contributed by atoms with E-state index in [-0.39, 0.29) is 11.8 Å². The Bertz CT molecular complexity index is 2960. The minimum atomic E-state index is -5.19. The fraction of sp³-hybridized carbons (Fsp3) is 0.300. The van der Waals surface area contributed by atoms with E-state index in [0.717, 1.165) is 70.5 Å². The van der Waals surface area contributed by atoms with Crippen LogP contribution in [0.25, 0.3) is 22.3 Å². The highest BCUT2D eigenvalue weighted by Crippen LogP contribution is 2.25. The van der Waals surface area contributed by atoms with Crippen molar-refractivity contribution in [1.82, 2.24) is 20.4 Å². The number of carboxylic acid groups (broad SMARTS) is 2. The number of likely N-dealkylation sites (N-methyl/N-ethyl adjacent to an activating group) is 2. The standard InChI is InChI=1S/2C28H30N4O.2C2HF3O2/c2*1-32(2)14-12-31(13-15-32)21-24-8-5-10-26(18-24)25-9-4-7-23(17-25)20-30-28(33)27-11-3-6-22(16-27)19-29;2*3-2(4,5)1(6)7/h2*3-11,16-18H,12-15,20-21H2,1-2H3;2*(H,6,7). The van der Waals surface area contributed by atoms with Gasteiger partial charge in [-0.15, -0.1) is 0 Å². The number of piperazine rings is 2. The first-order valence-corrected chi connectivity index (χ1v) is 25.3. The highest BCUT2D eigenvalue weighted by Gasteiger charge is 2.30. The lowest BCUT2D eigenvalue weighted by Crippen LogP contribution is -2.54. The summed E-state index contributed by atoms with van der Waals surface area (Å²) >= 11 is 0. The summed E-state index contributed by atoms with van der Waals surface area (Å²) < 4.78 is 65.3. The molecule has 6 aromatic rings. The molecular formula is C60H62F6N8O6. The average Bonchev–Trinajstić information content (AvgIpc) is 3.43. The number of rotatable bonds is 12. The zero-order valence-corrected chi connectivity index (χ0v) is 44.7. The molecule has 0 atom stereocenters. The number of carboxylic acids is 2. The molecular weight excluding hydrogens is 1040 g/mol. The molecule has 6 aromatic carbocycles. The maximum atomic E-state index is 12.5. The molecule has 0 aliphatic carbocycles. The van der Waals surface area contributed by atoms with E-state index < -0.39 is 24.3 Å². The minimum Gasteiger partial charge on any atom is -0.542 e. The van der Waals surface area contributed by atoms with Gasteiger partial charge in [0.05, 0.1) is 77.6 Å². The Morgan fingerprint density at radius 1 is 0.475 bits per heavy atom. The molecule has 0 spiro atoms. The third-order valence-electron chi connectivity index (χ3n) is 13.1. The van der Waals surface area contributed by atoms with E-state index in [1.807, 2.05) is 24.3 Å². The number of carbonyl (C=O) groups is 4. The molecule has 80 heavy (non-hydrogen) atoms. The number of hydrogen-bond acceptors (Lipinski definition) is 10. The molecule has 0 radical (unpaired) electrons. The van der Waals surface area contributed by atoms with E-state index in [2.05, 4.69) is 134 Å². The van der Waals surface area contributed by atoms with Crippen LogP contribution >= 0.6 is 0 Å². The summed E-state index contributed by atoms with van der Waals surface area (Å²) in [6.45, 7) is 12.1. The molecule has 2 N–H and O–H groups in total. The van der Waals surface area contributed by atoms with Crippen LogP contribution < -0.4 is 20.8 Å². The molecule has 2 fully saturated rings. The van der Waals surface area contributed by atoms with Gasteiger partial charge in [0.2, 0.25) is 0 Å². The number of nitriles is 2. The van der Waals surface area contributed by atoms with Crippen molar-refractivity contribution < 1.29 is 64.7 Å². The molecule has 2 heterocycles. The van der Waals surface area contributed by atoms with Gasteiger partial charge < -0.3 is 39.4 Å². The molecule has 20 heteroatoms. The topological polar surface area (TPSA) is 193 Å². The highest BCUT2D eigenvalue weighted by molar-refractivity contribution is 5.95. The molecule has 420 valence electrons. The van der Waals surface area contributed by atoms with Crippen LogP contribution in [0.4, 0.5) is 26.3 Å². The van der Waals surface area contributed by atoms with Crippen molar-refractivity contribution in [3.8, 4) is 34.4 Å². The number of hydrogen-bond donors (Lipinski definition) is 2. The van der Waals surface area contributed by atoms with E-state index >= 15 is 0 Å². The second-order valence-corrected chi connectivity index (χ2v) is 20.4. The van der Waals surface area contributed by atoms with Gasteiger partial charge in [-0.3, -0.25) is 19.4 Å². The van der Waals surface area contributed by atoms with Gasteiger partial charge in [0, 0.05) is 63.5 Å². The fourth-order valence-corrected chi connectivity index (χ4v) is 8.38. The first-order chi connectivity index (χ1) is 37.7. The summed E-state index contributed by atoms with van der Waals surface area (Å²) in [4.78, 5) is 47.6. The summed E-state index contributed by atoms with van der Waals surface area (Å²) in [5, 5.41) is 41.6. The Morgan fingerprint density at radius 3 is 1.04 bits per heavy atom. The van der Waals surface area contributed by atoms with E-state index in [1.165, 1.54) is 48.4 Å². The van der Waals surface area contributed by atoms with Crippen molar-refractivity contribution in [1.29, 1.82) is 10.5 Å². The number of aliphatic carboxylic acids is 2. The van der Waals surface area contributed by atoms with Crippen LogP contribution in [-0.4, -0.2) is 135 Å². The van der Waals surface area contributed by atoms with E-state index in [1.54, 1.807) is 48.5 Å². The maximum Gasteiger partial charge on any atom is 0.430 e. The molecule has 14 nitrogen and oxygen atoms in total. The number of carbonyl (C=O) groups excluding carboxylic acids is 4. The van der Waals surface area contributed by atoms with Gasteiger partial charge in [0.15, 0.2) is 0 Å². The van der Waals surface area contributed by atoms with Crippen LogP contribution in [0.1, 0.15) is 54.1 Å². The zero-order valence-electron chi connectivity index (χ0n) is 44.7. The largest absolute Gasteiger partial charge is 0.542 e. The number of alkyl halides is 6. The fourth-order valence-electron chi connectivity index (χ4n) is 8.38. The second kappa shape index (κ2) is 28.5. The van der Waals surface area contributed by atoms with Gasteiger partial charge in [0.1, 0.15) is 11.9 Å². The maximum absolute atomic E-state index is 12.5. The lowest BCUT2D eigenvalue weighted by molar-refractivity contribution is -0.894. The lowest BCUT2D eigenvalue weighted by Gasteiger charge is -2.39. The van der Waals surface area contributed by atoms with Crippen LogP contribution in [0.2, 0.25) is 0 Å². The summed E-state index contributed by atoms with van der Waals surface area (Å²) in [6.07, 6.45) is -10.4. The predicted molar refractivity (Wildman–Crippen MR) is 285 cm³/mol. The number of nitrogens with zero attached hydrogens (tertiary/aromatic N) is 6. The van der Waals surface area contributed by atoms with E-state index in [9.17, 15) is 35.9 Å². The molecule has 8 rings (SSSR count). The monoisotopic (exact) mass is 1100 g/mol. The Morgan fingerprint density at radius 2 is 0.750 bits per heavy atom. The first kappa shape index (κ1) is 62.4. The van der Waals surface area contributed by atoms with Crippen molar-refractivity contribution in [2.24, 2.45) is 0 Å². The predicted octanol–water partition coefficient (Wildman–Crippen LogP) is 6.69. The third-order valence-corrected chi connectivity index (χ3v) is 13.1. The van der Waals surface area contributed by atoms with Gasteiger partial charge >= 0.3 is 12.4 Å². The smallest absolute Gasteiger partial charge is 0.430 e. The number of quaternary nitrogens is 2. The van der Waals surface area contributed by atoms with Crippen LogP contribution in [0.3, 0.4) is 0 Å². The van der Waals surface area contributed by atoms with Crippen LogP contribution in [0.15, 0.2) is 146 Å². The molecule has 0 unspecified atom stereocenters.